The molecule has 25 heavy (non-hydrogen) atoms. The molecule has 1 saturated carbocycles. The predicted molar refractivity (Wildman–Crippen MR) is 90.3 cm³/mol. The van der Waals surface area contributed by atoms with Crippen LogP contribution in [-0.4, -0.2) is 22.8 Å². The number of urea groups is 1. The molecule has 0 radical (unpaired) electrons. The zero-order valence-corrected chi connectivity index (χ0v) is 14.5. The SMILES string of the molecule is Cc1ccc2c(c1)[C@H](NC(=O)NC1(c3noc(C)n3)CCCC1)CO2. The molecule has 0 unspecified atom stereocenters. The number of hydrogen-bond acceptors (Lipinski definition) is 5. The number of aryl methyl sites for hydroxylation is 2. The summed E-state index contributed by atoms with van der Waals surface area (Å²) in [5.74, 6) is 1.91. The lowest BCUT2D eigenvalue weighted by molar-refractivity contribution is 0.213. The highest BCUT2D eigenvalue weighted by atomic mass is 16.5. The van der Waals surface area contributed by atoms with Gasteiger partial charge in [-0.15, -0.1) is 0 Å². The number of nitrogens with zero attached hydrogens (tertiary/aromatic N) is 2. The molecule has 2 amide bonds. The molecule has 132 valence electrons. The van der Waals surface area contributed by atoms with Gasteiger partial charge in [0, 0.05) is 12.5 Å². The Morgan fingerprint density at radius 2 is 2.08 bits per heavy atom. The lowest BCUT2D eigenvalue weighted by atomic mass is 9.97. The standard InChI is InChI=1S/C18H22N4O3/c1-11-5-6-15-13(9-11)14(10-24-15)20-17(23)21-18(7-3-4-8-18)16-19-12(2)25-22-16/h5-6,9,14H,3-4,7-8,10H2,1-2H3,(H2,20,21,23)/t14-/m1/s1. The Morgan fingerprint density at radius 3 is 2.80 bits per heavy atom. The first-order valence-corrected chi connectivity index (χ1v) is 8.69. The van der Waals surface area contributed by atoms with Gasteiger partial charge >= 0.3 is 6.03 Å². The van der Waals surface area contributed by atoms with Crippen molar-refractivity contribution in [3.05, 3.63) is 41.0 Å². The summed E-state index contributed by atoms with van der Waals surface area (Å²) in [7, 11) is 0. The van der Waals surface area contributed by atoms with Crippen molar-refractivity contribution in [1.82, 2.24) is 20.8 Å². The van der Waals surface area contributed by atoms with Crippen LogP contribution >= 0.6 is 0 Å². The molecule has 2 aliphatic rings. The molecule has 2 N–H and O–H groups in total. The van der Waals surface area contributed by atoms with E-state index in [0.29, 0.717) is 18.3 Å². The minimum absolute atomic E-state index is 0.152. The first-order chi connectivity index (χ1) is 12.1. The highest BCUT2D eigenvalue weighted by molar-refractivity contribution is 5.76. The fourth-order valence-corrected chi connectivity index (χ4v) is 3.74. The first kappa shape index (κ1) is 15.9. The summed E-state index contributed by atoms with van der Waals surface area (Å²) in [6.45, 7) is 4.23. The van der Waals surface area contributed by atoms with Crippen molar-refractivity contribution >= 4 is 6.03 Å². The zero-order chi connectivity index (χ0) is 17.4. The van der Waals surface area contributed by atoms with Gasteiger partial charge in [-0.2, -0.15) is 4.98 Å². The third-order valence-corrected chi connectivity index (χ3v) is 5.02. The smallest absolute Gasteiger partial charge is 0.316 e. The van der Waals surface area contributed by atoms with E-state index in [1.165, 1.54) is 0 Å². The Morgan fingerprint density at radius 1 is 1.28 bits per heavy atom. The van der Waals surface area contributed by atoms with Crippen LogP contribution in [0.25, 0.3) is 0 Å². The van der Waals surface area contributed by atoms with E-state index in [1.54, 1.807) is 6.92 Å². The molecule has 1 fully saturated rings. The molecule has 0 bridgehead atoms. The Bertz CT molecular complexity index is 795. The lowest BCUT2D eigenvalue weighted by Crippen LogP contribution is -2.50. The third-order valence-electron chi connectivity index (χ3n) is 5.02. The molecular formula is C18H22N4O3. The maximum absolute atomic E-state index is 12.7. The Hall–Kier alpha value is -2.57. The Balaban J connectivity index is 1.50. The quantitative estimate of drug-likeness (QED) is 0.895. The monoisotopic (exact) mass is 342 g/mol. The maximum Gasteiger partial charge on any atom is 0.316 e. The largest absolute Gasteiger partial charge is 0.491 e. The number of hydrogen-bond donors (Lipinski definition) is 2. The second kappa shape index (κ2) is 6.06. The van der Waals surface area contributed by atoms with Gasteiger partial charge in [-0.3, -0.25) is 0 Å². The number of carbonyl (C=O) groups is 1. The number of nitrogens with one attached hydrogen (secondary N) is 2. The van der Waals surface area contributed by atoms with Crippen molar-refractivity contribution in [2.45, 2.75) is 51.1 Å². The summed E-state index contributed by atoms with van der Waals surface area (Å²) in [5.41, 5.74) is 1.62. The average Bonchev–Trinajstić information content (AvgIpc) is 3.29. The van der Waals surface area contributed by atoms with Crippen LogP contribution in [0.4, 0.5) is 4.79 Å². The molecule has 4 rings (SSSR count). The second-order valence-electron chi connectivity index (χ2n) is 6.93. The van der Waals surface area contributed by atoms with Crippen LogP contribution in [0, 0.1) is 13.8 Å². The van der Waals surface area contributed by atoms with Crippen LogP contribution in [0.1, 0.15) is 54.6 Å². The van der Waals surface area contributed by atoms with Crippen LogP contribution in [-0.2, 0) is 5.54 Å². The number of fused-ring (bicyclic) bond motifs is 1. The van der Waals surface area contributed by atoms with Gasteiger partial charge in [0.2, 0.25) is 5.89 Å². The van der Waals surface area contributed by atoms with Gasteiger partial charge < -0.3 is 19.9 Å². The van der Waals surface area contributed by atoms with Crippen molar-refractivity contribution in [1.29, 1.82) is 0 Å². The summed E-state index contributed by atoms with van der Waals surface area (Å²) in [6, 6.07) is 5.63. The van der Waals surface area contributed by atoms with E-state index in [-0.39, 0.29) is 12.1 Å². The van der Waals surface area contributed by atoms with Crippen LogP contribution in [0.2, 0.25) is 0 Å². The fraction of sp³-hybridized carbons (Fsp3) is 0.500. The summed E-state index contributed by atoms with van der Waals surface area (Å²) in [4.78, 5) is 17.0. The van der Waals surface area contributed by atoms with Crippen LogP contribution in [0.5, 0.6) is 5.75 Å². The third kappa shape index (κ3) is 2.94. The Labute approximate surface area is 146 Å². The predicted octanol–water partition coefficient (Wildman–Crippen LogP) is 2.89. The van der Waals surface area contributed by atoms with Gasteiger partial charge in [0.1, 0.15) is 17.9 Å². The number of ether oxygens (including phenoxy) is 1. The van der Waals surface area contributed by atoms with Gasteiger partial charge in [-0.05, 0) is 25.8 Å². The zero-order valence-electron chi connectivity index (χ0n) is 14.5. The average molecular weight is 342 g/mol. The van der Waals surface area contributed by atoms with Crippen LogP contribution < -0.4 is 15.4 Å². The van der Waals surface area contributed by atoms with Crippen molar-refractivity contribution in [2.75, 3.05) is 6.61 Å². The molecule has 2 aromatic rings. The topological polar surface area (TPSA) is 89.3 Å². The summed E-state index contributed by atoms with van der Waals surface area (Å²) in [6.07, 6.45) is 3.69. The first-order valence-electron chi connectivity index (χ1n) is 8.69. The number of carbonyl (C=O) groups excluding carboxylic acids is 1. The Kier molecular flexibility index (Phi) is 3.86. The molecule has 2 heterocycles. The van der Waals surface area contributed by atoms with Crippen molar-refractivity contribution < 1.29 is 14.1 Å². The summed E-state index contributed by atoms with van der Waals surface area (Å²) in [5, 5.41) is 10.2. The number of aromatic nitrogens is 2. The normalized spacial score (nSPS) is 20.8. The molecule has 1 atom stereocenters. The van der Waals surface area contributed by atoms with Gasteiger partial charge in [0.25, 0.3) is 0 Å². The minimum Gasteiger partial charge on any atom is -0.491 e. The van der Waals surface area contributed by atoms with Crippen molar-refractivity contribution in [3.63, 3.8) is 0 Å². The van der Waals surface area contributed by atoms with Gasteiger partial charge in [0.15, 0.2) is 5.82 Å². The highest BCUT2D eigenvalue weighted by Gasteiger charge is 2.41. The van der Waals surface area contributed by atoms with E-state index in [1.807, 2.05) is 19.1 Å². The molecule has 1 aromatic carbocycles. The number of benzene rings is 1. The lowest BCUT2D eigenvalue weighted by Gasteiger charge is -2.27. The molecule has 1 aliphatic carbocycles. The maximum atomic E-state index is 12.7. The van der Waals surface area contributed by atoms with E-state index in [0.717, 1.165) is 42.6 Å². The molecule has 1 aliphatic heterocycles. The van der Waals surface area contributed by atoms with E-state index in [4.69, 9.17) is 9.26 Å². The van der Waals surface area contributed by atoms with Crippen molar-refractivity contribution in [2.24, 2.45) is 0 Å². The van der Waals surface area contributed by atoms with E-state index in [2.05, 4.69) is 26.8 Å². The van der Waals surface area contributed by atoms with Gasteiger partial charge in [-0.25, -0.2) is 4.79 Å². The summed E-state index contributed by atoms with van der Waals surface area (Å²) < 4.78 is 10.8. The van der Waals surface area contributed by atoms with Gasteiger partial charge in [0.05, 0.1) is 6.04 Å². The van der Waals surface area contributed by atoms with Gasteiger partial charge in [-0.1, -0.05) is 35.7 Å². The molecule has 7 heteroatoms. The fourth-order valence-electron chi connectivity index (χ4n) is 3.74. The highest BCUT2D eigenvalue weighted by Crippen LogP contribution is 2.38. The van der Waals surface area contributed by atoms with Crippen molar-refractivity contribution in [3.8, 4) is 5.75 Å². The summed E-state index contributed by atoms with van der Waals surface area (Å²) >= 11 is 0. The molecule has 7 nitrogen and oxygen atoms in total. The van der Waals surface area contributed by atoms with E-state index >= 15 is 0 Å². The van der Waals surface area contributed by atoms with Crippen LogP contribution in [0.15, 0.2) is 22.7 Å². The van der Waals surface area contributed by atoms with E-state index in [9.17, 15) is 4.79 Å². The second-order valence-corrected chi connectivity index (χ2v) is 6.93. The minimum atomic E-state index is -0.545. The molecular weight excluding hydrogens is 320 g/mol. The number of amides is 2. The van der Waals surface area contributed by atoms with Crippen LogP contribution in [0.3, 0.4) is 0 Å². The number of rotatable bonds is 3. The van der Waals surface area contributed by atoms with E-state index < -0.39 is 5.54 Å². The molecule has 1 aromatic heterocycles. The molecule has 0 spiro atoms. The molecule has 0 saturated heterocycles.